The van der Waals surface area contributed by atoms with Crippen LogP contribution in [0.1, 0.15) is 33.6 Å². The smallest absolute Gasteiger partial charge is 0.158 e. The van der Waals surface area contributed by atoms with Crippen molar-refractivity contribution in [1.82, 2.24) is 0 Å². The molecule has 1 rings (SSSR count). The molecule has 0 aliphatic heterocycles. The Morgan fingerprint density at radius 1 is 1.39 bits per heavy atom. The van der Waals surface area contributed by atoms with Gasteiger partial charge in [0, 0.05) is 12.1 Å². The summed E-state index contributed by atoms with van der Waals surface area (Å²) in [6, 6.07) is 6.67. The summed E-state index contributed by atoms with van der Waals surface area (Å²) >= 11 is 5.03. The van der Waals surface area contributed by atoms with Crippen molar-refractivity contribution in [3.63, 3.8) is 0 Å². The molecule has 1 aromatic rings. The molecule has 0 bridgehead atoms. The summed E-state index contributed by atoms with van der Waals surface area (Å²) in [4.78, 5) is 13.9. The van der Waals surface area contributed by atoms with E-state index in [2.05, 4.69) is 0 Å². The number of phenols is 1. The second kappa shape index (κ2) is 5.96. The van der Waals surface area contributed by atoms with Crippen molar-refractivity contribution in [1.29, 1.82) is 0 Å². The van der Waals surface area contributed by atoms with Crippen LogP contribution in [-0.2, 0) is 4.79 Å². The second-order valence-corrected chi connectivity index (χ2v) is 4.93. The average Bonchev–Trinajstić information content (AvgIpc) is 2.32. The van der Waals surface area contributed by atoms with Crippen molar-refractivity contribution in [3.8, 4) is 5.75 Å². The number of carbonyl (C=O) groups is 1. The molecule has 1 N–H and O–H groups in total. The first-order valence-corrected chi connectivity index (χ1v) is 6.47. The zero-order valence-corrected chi connectivity index (χ0v) is 11.8. The van der Waals surface area contributed by atoms with Crippen molar-refractivity contribution in [2.75, 3.05) is 4.90 Å². The van der Waals surface area contributed by atoms with E-state index in [4.69, 9.17) is 12.2 Å². The Bertz CT molecular complexity index is 426. The van der Waals surface area contributed by atoms with E-state index in [1.165, 1.54) is 5.49 Å². The predicted octanol–water partition coefficient (Wildman–Crippen LogP) is 3.30. The largest absolute Gasteiger partial charge is 0.508 e. The van der Waals surface area contributed by atoms with Crippen molar-refractivity contribution >= 4 is 29.2 Å². The third-order valence-electron chi connectivity index (χ3n) is 2.99. The number of phenolic OH excluding ortho intramolecular Hbond substituents is 1. The summed E-state index contributed by atoms with van der Waals surface area (Å²) in [5.74, 6) is 0.347. The topological polar surface area (TPSA) is 40.5 Å². The van der Waals surface area contributed by atoms with Gasteiger partial charge in [-0.3, -0.25) is 4.79 Å². The minimum atomic E-state index is -0.672. The van der Waals surface area contributed by atoms with Crippen LogP contribution in [0.3, 0.4) is 0 Å². The number of ketones is 1. The van der Waals surface area contributed by atoms with Gasteiger partial charge in [0.15, 0.2) is 5.78 Å². The maximum atomic E-state index is 12.1. The molecule has 4 heteroatoms. The molecule has 0 fully saturated rings. The normalized spacial score (nSPS) is 11.1. The summed E-state index contributed by atoms with van der Waals surface area (Å²) in [5.41, 5.74) is 1.62. The van der Waals surface area contributed by atoms with Crippen LogP contribution < -0.4 is 4.90 Å². The molecule has 98 valence electrons. The van der Waals surface area contributed by atoms with Gasteiger partial charge in [-0.15, -0.1) is 0 Å². The highest BCUT2D eigenvalue weighted by atomic mass is 32.1. The van der Waals surface area contributed by atoms with E-state index in [0.29, 0.717) is 6.42 Å². The molecule has 0 unspecified atom stereocenters. The Morgan fingerprint density at radius 3 is 2.39 bits per heavy atom. The summed E-state index contributed by atoms with van der Waals surface area (Å²) in [5, 5.41) is 9.29. The lowest BCUT2D eigenvalue weighted by molar-refractivity contribution is -0.122. The minimum Gasteiger partial charge on any atom is -0.508 e. The molecule has 0 aromatic heterocycles. The van der Waals surface area contributed by atoms with Gasteiger partial charge in [-0.05, 0) is 44.5 Å². The highest BCUT2D eigenvalue weighted by molar-refractivity contribution is 7.79. The van der Waals surface area contributed by atoms with E-state index in [-0.39, 0.29) is 11.5 Å². The van der Waals surface area contributed by atoms with Crippen molar-refractivity contribution in [2.24, 2.45) is 0 Å². The number of carbonyl (C=O) groups excluding carboxylic acids is 1. The van der Waals surface area contributed by atoms with E-state index in [9.17, 15) is 9.90 Å². The Morgan fingerprint density at radius 2 is 1.94 bits per heavy atom. The highest BCUT2D eigenvalue weighted by Gasteiger charge is 2.32. The van der Waals surface area contributed by atoms with Gasteiger partial charge in [-0.2, -0.15) is 0 Å². The van der Waals surface area contributed by atoms with Gasteiger partial charge in [0.05, 0.1) is 11.0 Å². The quantitative estimate of drug-likeness (QED) is 0.801. The Labute approximate surface area is 113 Å². The summed E-state index contributed by atoms with van der Waals surface area (Å²) in [6.45, 7) is 5.71. The number of thiocarbonyl (C=S) groups is 1. The molecule has 0 aliphatic rings. The molecule has 0 heterocycles. The standard InChI is InChI=1S/C14H19NO2S/c1-4-5-13(17)14(2,3)15(10-18)11-6-8-12(16)9-7-11/h6-10,16H,4-5H2,1-3H3. The van der Waals surface area contributed by atoms with Crippen molar-refractivity contribution < 1.29 is 9.90 Å². The van der Waals surface area contributed by atoms with Crippen molar-refractivity contribution in [2.45, 2.75) is 39.2 Å². The van der Waals surface area contributed by atoms with E-state index in [1.807, 2.05) is 20.8 Å². The molecular formula is C14H19NO2S. The second-order valence-electron chi connectivity index (χ2n) is 4.72. The molecule has 18 heavy (non-hydrogen) atoms. The molecule has 0 amide bonds. The first kappa shape index (κ1) is 14.6. The van der Waals surface area contributed by atoms with Gasteiger partial charge in [-0.25, -0.2) is 0 Å². The van der Waals surface area contributed by atoms with E-state index < -0.39 is 5.54 Å². The monoisotopic (exact) mass is 265 g/mol. The molecule has 0 saturated heterocycles. The zero-order chi connectivity index (χ0) is 13.8. The summed E-state index contributed by atoms with van der Waals surface area (Å²) < 4.78 is 0. The van der Waals surface area contributed by atoms with Gasteiger partial charge in [-0.1, -0.05) is 19.1 Å². The lowest BCUT2D eigenvalue weighted by Gasteiger charge is -2.35. The molecule has 1 aromatic carbocycles. The maximum absolute atomic E-state index is 12.1. The van der Waals surface area contributed by atoms with Gasteiger partial charge < -0.3 is 10.0 Å². The lowest BCUT2D eigenvalue weighted by atomic mass is 9.93. The van der Waals surface area contributed by atoms with Crippen molar-refractivity contribution in [3.05, 3.63) is 24.3 Å². The molecule has 3 nitrogen and oxygen atoms in total. The van der Waals surface area contributed by atoms with E-state index in [0.717, 1.165) is 12.1 Å². The van der Waals surface area contributed by atoms with Crippen LogP contribution in [0.25, 0.3) is 0 Å². The molecule has 0 radical (unpaired) electrons. The van der Waals surface area contributed by atoms with Crippen LogP contribution in [-0.4, -0.2) is 21.9 Å². The number of anilines is 1. The molecular weight excluding hydrogens is 246 g/mol. The minimum absolute atomic E-state index is 0.152. The number of aromatic hydroxyl groups is 1. The van der Waals surface area contributed by atoms with E-state index >= 15 is 0 Å². The van der Waals surface area contributed by atoms with Crippen LogP contribution in [0.2, 0.25) is 0 Å². The van der Waals surface area contributed by atoms with Crippen LogP contribution in [0.15, 0.2) is 24.3 Å². The molecule has 0 spiro atoms. The number of rotatable bonds is 6. The van der Waals surface area contributed by atoms with Gasteiger partial charge in [0.25, 0.3) is 0 Å². The lowest BCUT2D eigenvalue weighted by Crippen LogP contribution is -2.49. The van der Waals surface area contributed by atoms with Crippen LogP contribution in [0, 0.1) is 0 Å². The Hall–Kier alpha value is -1.42. The SMILES string of the molecule is CCCC(=O)C(C)(C)N(C=S)c1ccc(O)cc1. The third kappa shape index (κ3) is 3.07. The van der Waals surface area contributed by atoms with E-state index in [1.54, 1.807) is 29.2 Å². The van der Waals surface area contributed by atoms with Crippen LogP contribution >= 0.6 is 12.2 Å². The average molecular weight is 265 g/mol. The van der Waals surface area contributed by atoms with Crippen LogP contribution in [0.5, 0.6) is 5.75 Å². The fraction of sp³-hybridized carbons (Fsp3) is 0.429. The fourth-order valence-corrected chi connectivity index (χ4v) is 2.18. The highest BCUT2D eigenvalue weighted by Crippen LogP contribution is 2.26. The zero-order valence-electron chi connectivity index (χ0n) is 11.0. The maximum Gasteiger partial charge on any atom is 0.158 e. The van der Waals surface area contributed by atoms with Crippen LogP contribution in [0.4, 0.5) is 5.69 Å². The number of Topliss-reactive ketones (excluding diaryl/α,β-unsaturated/α-hetero) is 1. The number of benzene rings is 1. The van der Waals surface area contributed by atoms with Gasteiger partial charge in [0.1, 0.15) is 5.75 Å². The van der Waals surface area contributed by atoms with Gasteiger partial charge >= 0.3 is 0 Å². The van der Waals surface area contributed by atoms with Gasteiger partial charge in [0.2, 0.25) is 0 Å². The first-order valence-electron chi connectivity index (χ1n) is 6.00. The number of hydrogen-bond donors (Lipinski definition) is 1. The predicted molar refractivity (Wildman–Crippen MR) is 78.2 cm³/mol. The third-order valence-corrected chi connectivity index (χ3v) is 3.21. The molecule has 0 saturated carbocycles. The molecule has 0 aliphatic carbocycles. The summed E-state index contributed by atoms with van der Waals surface area (Å²) in [7, 11) is 0. The number of nitrogens with zero attached hydrogens (tertiary/aromatic N) is 1. The Balaban J connectivity index is 3.05. The molecule has 0 atom stereocenters. The Kier molecular flexibility index (Phi) is 4.84. The summed E-state index contributed by atoms with van der Waals surface area (Å²) in [6.07, 6.45) is 1.36. The first-order chi connectivity index (χ1) is 8.43. The number of hydrogen-bond acceptors (Lipinski definition) is 3. The fourth-order valence-electron chi connectivity index (χ4n) is 1.80.